The molecule has 0 aliphatic carbocycles. The minimum atomic E-state index is -0.597. The van der Waals surface area contributed by atoms with Crippen LogP contribution in [-0.2, 0) is 17.8 Å². The summed E-state index contributed by atoms with van der Waals surface area (Å²) in [5, 5.41) is 24.5. The summed E-state index contributed by atoms with van der Waals surface area (Å²) in [6.07, 6.45) is -0.0562. The summed E-state index contributed by atoms with van der Waals surface area (Å²) in [4.78, 5) is 13.8. The van der Waals surface area contributed by atoms with Crippen molar-refractivity contribution in [2.24, 2.45) is 5.92 Å². The average molecular weight is 307 g/mol. The third-order valence-electron chi connectivity index (χ3n) is 3.74. The third kappa shape index (κ3) is 2.91. The predicted octanol–water partition coefficient (Wildman–Crippen LogP) is -1.39. The second-order valence-electron chi connectivity index (χ2n) is 5.46. The van der Waals surface area contributed by atoms with Crippen LogP contribution in [0.15, 0.2) is 10.6 Å². The van der Waals surface area contributed by atoms with Crippen molar-refractivity contribution < 1.29 is 14.4 Å². The number of tetrazole rings is 1. The number of aliphatic hydroxyl groups is 1. The van der Waals surface area contributed by atoms with E-state index < -0.39 is 6.10 Å². The van der Waals surface area contributed by atoms with E-state index in [-0.39, 0.29) is 30.9 Å². The van der Waals surface area contributed by atoms with Gasteiger partial charge in [0.15, 0.2) is 0 Å². The molecule has 2 aromatic heterocycles. The van der Waals surface area contributed by atoms with Crippen molar-refractivity contribution in [2.75, 3.05) is 18.8 Å². The molecule has 0 spiro atoms. The Balaban J connectivity index is 1.60. The minimum Gasteiger partial charge on any atom is -0.391 e. The molecule has 10 heteroatoms. The number of rotatable bonds is 4. The van der Waals surface area contributed by atoms with Crippen LogP contribution in [0.25, 0.3) is 0 Å². The van der Waals surface area contributed by atoms with Gasteiger partial charge in [-0.25, -0.2) is 4.68 Å². The van der Waals surface area contributed by atoms with E-state index in [9.17, 15) is 9.90 Å². The standard InChI is InChI=1S/C12H17N7O3/c1-7-2-9(22-15-7)3-8-4-18(5-10(8)20)11(21)6-19-12(13)14-16-17-19/h2,8,10,20H,3-6H2,1H3,(H2,13,14,17)/t8-,10-/m1/s1. The van der Waals surface area contributed by atoms with Crippen LogP contribution in [0.1, 0.15) is 11.5 Å². The van der Waals surface area contributed by atoms with E-state index in [1.165, 1.54) is 4.68 Å². The van der Waals surface area contributed by atoms with Crippen molar-refractivity contribution in [3.8, 4) is 0 Å². The summed E-state index contributed by atoms with van der Waals surface area (Å²) in [7, 11) is 0. The minimum absolute atomic E-state index is 0.0420. The Hall–Kier alpha value is -2.49. The molecule has 1 aliphatic heterocycles. The molecule has 0 bridgehead atoms. The molecule has 2 aromatic rings. The molecule has 3 rings (SSSR count). The summed E-state index contributed by atoms with van der Waals surface area (Å²) in [6, 6.07) is 1.83. The quantitative estimate of drug-likeness (QED) is 0.704. The highest BCUT2D eigenvalue weighted by Gasteiger charge is 2.35. The largest absolute Gasteiger partial charge is 0.391 e. The zero-order valence-corrected chi connectivity index (χ0v) is 12.1. The van der Waals surface area contributed by atoms with Gasteiger partial charge in [0.2, 0.25) is 11.9 Å². The van der Waals surface area contributed by atoms with Crippen molar-refractivity contribution >= 4 is 11.9 Å². The van der Waals surface area contributed by atoms with Gasteiger partial charge < -0.3 is 20.3 Å². The predicted molar refractivity (Wildman–Crippen MR) is 73.3 cm³/mol. The van der Waals surface area contributed by atoms with Crippen molar-refractivity contribution in [1.29, 1.82) is 0 Å². The highest BCUT2D eigenvalue weighted by molar-refractivity contribution is 5.76. The van der Waals surface area contributed by atoms with Crippen LogP contribution in [0.3, 0.4) is 0 Å². The van der Waals surface area contributed by atoms with Gasteiger partial charge in [-0.15, -0.1) is 0 Å². The maximum absolute atomic E-state index is 12.2. The number of hydrogen-bond acceptors (Lipinski definition) is 8. The maximum Gasteiger partial charge on any atom is 0.244 e. The Morgan fingerprint density at radius 1 is 1.55 bits per heavy atom. The van der Waals surface area contributed by atoms with E-state index >= 15 is 0 Å². The zero-order chi connectivity index (χ0) is 15.7. The number of carbonyl (C=O) groups is 1. The first-order chi connectivity index (χ1) is 10.5. The van der Waals surface area contributed by atoms with Crippen LogP contribution in [0.4, 0.5) is 5.95 Å². The number of amides is 1. The van der Waals surface area contributed by atoms with Gasteiger partial charge >= 0.3 is 0 Å². The molecule has 1 saturated heterocycles. The molecule has 0 aromatic carbocycles. The van der Waals surface area contributed by atoms with Crippen molar-refractivity contribution in [2.45, 2.75) is 26.0 Å². The number of nitrogens with zero attached hydrogens (tertiary/aromatic N) is 6. The molecule has 1 fully saturated rings. The van der Waals surface area contributed by atoms with Crippen LogP contribution in [0, 0.1) is 12.8 Å². The molecule has 1 aliphatic rings. The molecule has 1 amide bonds. The lowest BCUT2D eigenvalue weighted by molar-refractivity contribution is -0.131. The maximum atomic E-state index is 12.2. The molecule has 3 N–H and O–H groups in total. The van der Waals surface area contributed by atoms with Crippen LogP contribution in [0.5, 0.6) is 0 Å². The first-order valence-corrected chi connectivity index (χ1v) is 6.92. The number of nitrogens with two attached hydrogens (primary N) is 1. The second-order valence-corrected chi connectivity index (χ2v) is 5.46. The van der Waals surface area contributed by atoms with Crippen molar-refractivity contribution in [3.05, 3.63) is 17.5 Å². The number of likely N-dealkylation sites (tertiary alicyclic amines) is 1. The molecule has 118 valence electrons. The van der Waals surface area contributed by atoms with E-state index in [2.05, 4.69) is 20.7 Å². The van der Waals surface area contributed by atoms with Crippen LogP contribution in [-0.4, -0.2) is 60.5 Å². The number of hydrogen-bond donors (Lipinski definition) is 2. The number of aromatic nitrogens is 5. The van der Waals surface area contributed by atoms with Crippen molar-refractivity contribution in [3.63, 3.8) is 0 Å². The number of β-amino-alcohol motifs (C(OH)–C–C–N with tert-alkyl or cyclic N) is 1. The number of anilines is 1. The molecule has 10 nitrogen and oxygen atoms in total. The Morgan fingerprint density at radius 3 is 3.00 bits per heavy atom. The molecule has 22 heavy (non-hydrogen) atoms. The topological polar surface area (TPSA) is 136 Å². The summed E-state index contributed by atoms with van der Waals surface area (Å²) >= 11 is 0. The molecular weight excluding hydrogens is 290 g/mol. The fourth-order valence-electron chi connectivity index (χ4n) is 2.58. The molecule has 0 radical (unpaired) electrons. The van der Waals surface area contributed by atoms with E-state index in [1.54, 1.807) is 4.90 Å². The van der Waals surface area contributed by atoms with Gasteiger partial charge in [0.1, 0.15) is 12.3 Å². The summed E-state index contributed by atoms with van der Waals surface area (Å²) in [5.41, 5.74) is 6.33. The van der Waals surface area contributed by atoms with Gasteiger partial charge in [0.05, 0.1) is 11.8 Å². The lowest BCUT2D eigenvalue weighted by atomic mass is 10.0. The van der Waals surface area contributed by atoms with Crippen LogP contribution < -0.4 is 5.73 Å². The highest BCUT2D eigenvalue weighted by Crippen LogP contribution is 2.22. The first kappa shape index (κ1) is 14.4. The molecular formula is C12H17N7O3. The van der Waals surface area contributed by atoms with Gasteiger partial charge in [0, 0.05) is 31.5 Å². The SMILES string of the molecule is Cc1cc(C[C@@H]2CN(C(=O)Cn3nnnc3N)C[C@H]2O)on1. The molecule has 0 unspecified atom stereocenters. The molecule has 3 heterocycles. The Kier molecular flexibility index (Phi) is 3.75. The lowest BCUT2D eigenvalue weighted by Gasteiger charge is -2.15. The fraction of sp³-hybridized carbons (Fsp3) is 0.583. The summed E-state index contributed by atoms with van der Waals surface area (Å²) in [5.74, 6) is 0.527. The number of aryl methyl sites for hydroxylation is 1. The third-order valence-corrected chi connectivity index (χ3v) is 3.74. The second kappa shape index (κ2) is 5.72. The van der Waals surface area contributed by atoms with Gasteiger partial charge in [-0.05, 0) is 17.4 Å². The Labute approximate surface area is 125 Å². The van der Waals surface area contributed by atoms with E-state index in [0.717, 1.165) is 5.69 Å². The Morgan fingerprint density at radius 2 is 2.36 bits per heavy atom. The average Bonchev–Trinajstić information content (AvgIpc) is 3.15. The van der Waals surface area contributed by atoms with Gasteiger partial charge in [-0.1, -0.05) is 10.3 Å². The Bertz CT molecular complexity index is 667. The number of aliphatic hydroxyl groups excluding tert-OH is 1. The van der Waals surface area contributed by atoms with E-state index in [1.807, 2.05) is 13.0 Å². The fourth-order valence-corrected chi connectivity index (χ4v) is 2.58. The normalized spacial score (nSPS) is 21.5. The lowest BCUT2D eigenvalue weighted by Crippen LogP contribution is -2.33. The van der Waals surface area contributed by atoms with E-state index in [0.29, 0.717) is 18.7 Å². The van der Waals surface area contributed by atoms with Gasteiger partial charge in [-0.2, -0.15) is 0 Å². The summed E-state index contributed by atoms with van der Waals surface area (Å²) in [6.45, 7) is 2.52. The van der Waals surface area contributed by atoms with Gasteiger partial charge in [-0.3, -0.25) is 4.79 Å². The van der Waals surface area contributed by atoms with E-state index in [4.69, 9.17) is 10.3 Å². The number of carbonyl (C=O) groups excluding carboxylic acids is 1. The highest BCUT2D eigenvalue weighted by atomic mass is 16.5. The zero-order valence-electron chi connectivity index (χ0n) is 12.1. The number of nitrogen functional groups attached to an aromatic ring is 1. The van der Waals surface area contributed by atoms with Gasteiger partial charge in [0.25, 0.3) is 0 Å². The monoisotopic (exact) mass is 307 g/mol. The summed E-state index contributed by atoms with van der Waals surface area (Å²) < 4.78 is 6.38. The molecule has 2 atom stereocenters. The smallest absolute Gasteiger partial charge is 0.244 e. The van der Waals surface area contributed by atoms with Crippen molar-refractivity contribution in [1.82, 2.24) is 30.3 Å². The van der Waals surface area contributed by atoms with Crippen LogP contribution in [0.2, 0.25) is 0 Å². The van der Waals surface area contributed by atoms with Crippen LogP contribution >= 0.6 is 0 Å². The first-order valence-electron chi connectivity index (χ1n) is 6.92. The molecule has 0 saturated carbocycles.